The van der Waals surface area contributed by atoms with E-state index in [-0.39, 0.29) is 17.1 Å². The molecule has 0 spiro atoms. The van der Waals surface area contributed by atoms with E-state index >= 15 is 0 Å². The molecular formula is C14H17ClN4O2. The number of nitro groups is 1. The zero-order chi connectivity index (χ0) is 15.8. The second kappa shape index (κ2) is 5.44. The van der Waals surface area contributed by atoms with Crippen molar-refractivity contribution in [2.24, 2.45) is 0 Å². The Morgan fingerprint density at radius 3 is 2.52 bits per heavy atom. The molecule has 1 aromatic carbocycles. The first-order chi connectivity index (χ1) is 9.75. The molecule has 2 aromatic rings. The van der Waals surface area contributed by atoms with Gasteiger partial charge in [-0.15, -0.1) is 21.8 Å². The monoisotopic (exact) mass is 308 g/mol. The zero-order valence-corrected chi connectivity index (χ0v) is 13.2. The Labute approximate surface area is 127 Å². The Morgan fingerprint density at radius 1 is 1.33 bits per heavy atom. The maximum Gasteiger partial charge on any atom is 0.270 e. The maximum atomic E-state index is 11.0. The first kappa shape index (κ1) is 15.4. The normalized spacial score (nSPS) is 11.7. The van der Waals surface area contributed by atoms with Crippen LogP contribution in [-0.2, 0) is 11.4 Å². The van der Waals surface area contributed by atoms with Gasteiger partial charge < -0.3 is 4.57 Å². The third-order valence-corrected chi connectivity index (χ3v) is 3.43. The molecule has 7 heteroatoms. The van der Waals surface area contributed by atoms with Crippen molar-refractivity contribution in [1.29, 1.82) is 0 Å². The summed E-state index contributed by atoms with van der Waals surface area (Å²) in [5.41, 5.74) is 1.36. The van der Waals surface area contributed by atoms with Gasteiger partial charge >= 0.3 is 0 Å². The van der Waals surface area contributed by atoms with Gasteiger partial charge in [-0.3, -0.25) is 10.1 Å². The lowest BCUT2D eigenvalue weighted by Crippen LogP contribution is -2.25. The number of benzene rings is 1. The Morgan fingerprint density at radius 2 is 2.00 bits per heavy atom. The summed E-state index contributed by atoms with van der Waals surface area (Å²) < 4.78 is 1.92. The van der Waals surface area contributed by atoms with Crippen LogP contribution in [0.1, 0.15) is 32.2 Å². The van der Waals surface area contributed by atoms with Crippen LogP contribution in [0.5, 0.6) is 0 Å². The number of alkyl halides is 1. The van der Waals surface area contributed by atoms with E-state index in [1.54, 1.807) is 6.07 Å². The molecule has 0 amide bonds. The fraction of sp³-hybridized carbons (Fsp3) is 0.429. The van der Waals surface area contributed by atoms with Gasteiger partial charge in [0.05, 0.1) is 10.8 Å². The highest BCUT2D eigenvalue weighted by Gasteiger charge is 2.25. The predicted octanol–water partition coefficient (Wildman–Crippen LogP) is 3.66. The van der Waals surface area contributed by atoms with Crippen LogP contribution in [0.2, 0.25) is 0 Å². The minimum atomic E-state index is -0.413. The molecule has 0 bridgehead atoms. The predicted molar refractivity (Wildman–Crippen MR) is 81.4 cm³/mol. The molecule has 21 heavy (non-hydrogen) atoms. The van der Waals surface area contributed by atoms with Gasteiger partial charge in [0, 0.05) is 23.2 Å². The van der Waals surface area contributed by atoms with Gasteiger partial charge in [0.25, 0.3) is 5.69 Å². The summed E-state index contributed by atoms with van der Waals surface area (Å²) in [5, 5.41) is 19.3. The van der Waals surface area contributed by atoms with Crippen molar-refractivity contribution >= 4 is 17.3 Å². The summed E-state index contributed by atoms with van der Waals surface area (Å²) in [5.74, 6) is 1.47. The van der Waals surface area contributed by atoms with Crippen LogP contribution in [0.3, 0.4) is 0 Å². The van der Waals surface area contributed by atoms with Gasteiger partial charge in [-0.05, 0) is 33.3 Å². The standard InChI is InChI=1S/C14H17ClN4O2/c1-9-5-6-10(19(20)21)7-11(9)13-17-16-12(8-15)18(13)14(2,3)4/h5-7H,8H2,1-4H3. The molecule has 1 aromatic heterocycles. The van der Waals surface area contributed by atoms with Crippen molar-refractivity contribution in [3.8, 4) is 11.4 Å². The van der Waals surface area contributed by atoms with Gasteiger partial charge in [0.15, 0.2) is 5.82 Å². The van der Waals surface area contributed by atoms with Crippen molar-refractivity contribution in [2.75, 3.05) is 0 Å². The summed E-state index contributed by atoms with van der Waals surface area (Å²) in [6, 6.07) is 4.73. The highest BCUT2D eigenvalue weighted by molar-refractivity contribution is 6.16. The number of nitro benzene ring substituents is 1. The zero-order valence-electron chi connectivity index (χ0n) is 12.4. The van der Waals surface area contributed by atoms with Crippen molar-refractivity contribution < 1.29 is 4.92 Å². The summed E-state index contributed by atoms with van der Waals surface area (Å²) >= 11 is 5.93. The first-order valence-electron chi connectivity index (χ1n) is 6.52. The molecule has 2 rings (SSSR count). The molecule has 0 radical (unpaired) electrons. The minimum Gasteiger partial charge on any atom is -0.305 e. The molecule has 0 aliphatic heterocycles. The topological polar surface area (TPSA) is 73.8 Å². The molecule has 6 nitrogen and oxygen atoms in total. The number of hydrogen-bond donors (Lipinski definition) is 0. The summed E-state index contributed by atoms with van der Waals surface area (Å²) in [6.45, 7) is 7.94. The Hall–Kier alpha value is -1.95. The van der Waals surface area contributed by atoms with E-state index in [2.05, 4.69) is 10.2 Å². The molecule has 0 unspecified atom stereocenters. The number of hydrogen-bond acceptors (Lipinski definition) is 4. The largest absolute Gasteiger partial charge is 0.305 e. The molecule has 1 heterocycles. The SMILES string of the molecule is Cc1ccc([N+](=O)[O-])cc1-c1nnc(CCl)n1C(C)(C)C. The average molecular weight is 309 g/mol. The van der Waals surface area contributed by atoms with E-state index in [1.165, 1.54) is 12.1 Å². The number of nitrogens with zero attached hydrogens (tertiary/aromatic N) is 4. The Kier molecular flexibility index (Phi) is 4.00. The number of rotatable bonds is 3. The van der Waals surface area contributed by atoms with Crippen molar-refractivity contribution in [1.82, 2.24) is 14.8 Å². The van der Waals surface area contributed by atoms with Crippen LogP contribution in [0.15, 0.2) is 18.2 Å². The Balaban J connectivity index is 2.70. The quantitative estimate of drug-likeness (QED) is 0.493. The molecule has 0 saturated carbocycles. The van der Waals surface area contributed by atoms with E-state index in [4.69, 9.17) is 11.6 Å². The van der Waals surface area contributed by atoms with Crippen LogP contribution in [0.4, 0.5) is 5.69 Å². The second-order valence-corrected chi connectivity index (χ2v) is 6.10. The molecule has 0 aliphatic rings. The third-order valence-electron chi connectivity index (χ3n) is 3.19. The molecule has 0 aliphatic carbocycles. The molecular weight excluding hydrogens is 292 g/mol. The van der Waals surface area contributed by atoms with Crippen LogP contribution in [-0.4, -0.2) is 19.7 Å². The van der Waals surface area contributed by atoms with E-state index < -0.39 is 4.92 Å². The second-order valence-electron chi connectivity index (χ2n) is 5.84. The number of aryl methyl sites for hydroxylation is 1. The van der Waals surface area contributed by atoms with E-state index in [9.17, 15) is 10.1 Å². The lowest BCUT2D eigenvalue weighted by atomic mass is 10.0. The van der Waals surface area contributed by atoms with Crippen molar-refractivity contribution in [2.45, 2.75) is 39.1 Å². The maximum absolute atomic E-state index is 11.0. The smallest absolute Gasteiger partial charge is 0.270 e. The third kappa shape index (κ3) is 2.90. The van der Waals surface area contributed by atoms with E-state index in [0.29, 0.717) is 17.2 Å². The minimum absolute atomic E-state index is 0.0338. The Bertz CT molecular complexity index is 689. The van der Waals surface area contributed by atoms with Gasteiger partial charge in [-0.1, -0.05) is 6.07 Å². The van der Waals surface area contributed by atoms with E-state index in [0.717, 1.165) is 5.56 Å². The van der Waals surface area contributed by atoms with E-state index in [1.807, 2.05) is 32.3 Å². The van der Waals surface area contributed by atoms with Crippen molar-refractivity contribution in [3.05, 3.63) is 39.7 Å². The fourth-order valence-corrected chi connectivity index (χ4v) is 2.42. The average Bonchev–Trinajstić information content (AvgIpc) is 2.82. The summed E-state index contributed by atoms with van der Waals surface area (Å²) in [4.78, 5) is 10.6. The molecule has 0 saturated heterocycles. The number of halogens is 1. The van der Waals surface area contributed by atoms with Gasteiger partial charge in [-0.2, -0.15) is 0 Å². The molecule has 0 atom stereocenters. The summed E-state index contributed by atoms with van der Waals surface area (Å²) in [6.07, 6.45) is 0. The fourth-order valence-electron chi connectivity index (χ4n) is 2.25. The summed E-state index contributed by atoms with van der Waals surface area (Å²) in [7, 11) is 0. The van der Waals surface area contributed by atoms with Gasteiger partial charge in [-0.25, -0.2) is 0 Å². The number of aromatic nitrogens is 3. The lowest BCUT2D eigenvalue weighted by Gasteiger charge is -2.25. The molecule has 0 fully saturated rings. The van der Waals surface area contributed by atoms with Crippen LogP contribution < -0.4 is 0 Å². The highest BCUT2D eigenvalue weighted by atomic mass is 35.5. The molecule has 112 valence electrons. The van der Waals surface area contributed by atoms with Crippen LogP contribution in [0, 0.1) is 17.0 Å². The van der Waals surface area contributed by atoms with Crippen LogP contribution in [0.25, 0.3) is 11.4 Å². The van der Waals surface area contributed by atoms with Gasteiger partial charge in [0.2, 0.25) is 0 Å². The van der Waals surface area contributed by atoms with Gasteiger partial charge in [0.1, 0.15) is 5.82 Å². The highest BCUT2D eigenvalue weighted by Crippen LogP contribution is 2.31. The van der Waals surface area contributed by atoms with Crippen LogP contribution >= 0.6 is 11.6 Å². The number of non-ortho nitro benzene ring substituents is 1. The first-order valence-corrected chi connectivity index (χ1v) is 7.05. The lowest BCUT2D eigenvalue weighted by molar-refractivity contribution is -0.384. The molecule has 0 N–H and O–H groups in total. The van der Waals surface area contributed by atoms with Crippen molar-refractivity contribution in [3.63, 3.8) is 0 Å².